The average molecular weight is 294 g/mol. The van der Waals surface area contributed by atoms with Crippen LogP contribution >= 0.6 is 23.5 Å². The van der Waals surface area contributed by atoms with Crippen LogP contribution in [0.1, 0.15) is 16.1 Å². The van der Waals surface area contributed by atoms with E-state index in [1.54, 1.807) is 23.5 Å². The second-order valence-corrected chi connectivity index (χ2v) is 5.66. The molecule has 0 fully saturated rings. The predicted molar refractivity (Wildman–Crippen MR) is 79.5 cm³/mol. The largest absolute Gasteiger partial charge is 0.323 e. The fraction of sp³-hybridized carbons (Fsp3) is 0.231. The molecule has 0 atom stereocenters. The van der Waals surface area contributed by atoms with E-state index in [2.05, 4.69) is 16.0 Å². The Morgan fingerprint density at radius 2 is 2.05 bits per heavy atom. The summed E-state index contributed by atoms with van der Waals surface area (Å²) in [4.78, 5) is 30.2. The van der Waals surface area contributed by atoms with Crippen molar-refractivity contribution in [1.29, 1.82) is 0 Å². The molecule has 1 aromatic heterocycles. The van der Waals surface area contributed by atoms with E-state index < -0.39 is 0 Å². The predicted octanol–water partition coefficient (Wildman–Crippen LogP) is 2.57. The van der Waals surface area contributed by atoms with Crippen molar-refractivity contribution >= 4 is 29.3 Å². The SMILES string of the molecule is CSc1ccc(CC(=O)c2c[nH]c(=O)[nH]2)c(SC)c1. The van der Waals surface area contributed by atoms with Gasteiger partial charge < -0.3 is 9.97 Å². The molecule has 0 aliphatic rings. The van der Waals surface area contributed by atoms with Crippen LogP contribution in [0, 0.1) is 0 Å². The minimum Gasteiger partial charge on any atom is -0.312 e. The lowest BCUT2D eigenvalue weighted by atomic mass is 10.1. The summed E-state index contributed by atoms with van der Waals surface area (Å²) in [5, 5.41) is 0. The van der Waals surface area contributed by atoms with E-state index in [0.717, 1.165) is 10.5 Å². The van der Waals surface area contributed by atoms with Crippen molar-refractivity contribution < 1.29 is 4.79 Å². The molecule has 0 aliphatic carbocycles. The van der Waals surface area contributed by atoms with Crippen LogP contribution in [-0.4, -0.2) is 28.3 Å². The van der Waals surface area contributed by atoms with E-state index >= 15 is 0 Å². The van der Waals surface area contributed by atoms with Gasteiger partial charge in [-0.15, -0.1) is 23.5 Å². The Balaban J connectivity index is 2.23. The van der Waals surface area contributed by atoms with Gasteiger partial charge in [0.1, 0.15) is 5.69 Å². The smallest absolute Gasteiger partial charge is 0.312 e. The second-order valence-electron chi connectivity index (χ2n) is 3.93. The first-order chi connectivity index (χ1) is 9.13. The number of imidazole rings is 1. The van der Waals surface area contributed by atoms with Crippen LogP contribution in [0.3, 0.4) is 0 Å². The first-order valence-electron chi connectivity index (χ1n) is 5.66. The van der Waals surface area contributed by atoms with Gasteiger partial charge in [0.25, 0.3) is 0 Å². The lowest BCUT2D eigenvalue weighted by molar-refractivity contribution is 0.0988. The Morgan fingerprint density at radius 1 is 1.26 bits per heavy atom. The summed E-state index contributed by atoms with van der Waals surface area (Å²) in [6.07, 6.45) is 5.72. The fourth-order valence-corrected chi connectivity index (χ4v) is 2.91. The molecule has 2 aromatic rings. The van der Waals surface area contributed by atoms with Crippen molar-refractivity contribution in [3.8, 4) is 0 Å². The Kier molecular flexibility index (Phi) is 4.55. The number of H-pyrrole nitrogens is 2. The average Bonchev–Trinajstić information content (AvgIpc) is 2.86. The molecular formula is C13H14N2O2S2. The number of hydrogen-bond donors (Lipinski definition) is 2. The van der Waals surface area contributed by atoms with Gasteiger partial charge in [-0.05, 0) is 30.2 Å². The Hall–Kier alpha value is -1.40. The number of carbonyl (C=O) groups is 1. The molecule has 19 heavy (non-hydrogen) atoms. The summed E-state index contributed by atoms with van der Waals surface area (Å²) < 4.78 is 0. The molecule has 0 radical (unpaired) electrons. The van der Waals surface area contributed by atoms with E-state index in [1.807, 2.05) is 24.6 Å². The minimum atomic E-state index is -0.355. The number of aromatic nitrogens is 2. The van der Waals surface area contributed by atoms with Gasteiger partial charge in [-0.3, -0.25) is 4.79 Å². The molecule has 0 aliphatic heterocycles. The third-order valence-corrected chi connectivity index (χ3v) is 4.29. The summed E-state index contributed by atoms with van der Waals surface area (Å²) in [6.45, 7) is 0. The van der Waals surface area contributed by atoms with Crippen LogP contribution in [0.2, 0.25) is 0 Å². The van der Waals surface area contributed by atoms with Gasteiger partial charge in [0.05, 0.1) is 0 Å². The number of Topliss-reactive ketones (excluding diaryl/α,β-unsaturated/α-hetero) is 1. The summed E-state index contributed by atoms with van der Waals surface area (Å²) in [5.74, 6) is -0.0921. The first-order valence-corrected chi connectivity index (χ1v) is 8.10. The number of carbonyl (C=O) groups excluding carboxylic acids is 1. The van der Waals surface area contributed by atoms with Gasteiger partial charge in [-0.2, -0.15) is 0 Å². The van der Waals surface area contributed by atoms with Crippen molar-refractivity contribution in [3.05, 3.63) is 46.1 Å². The first kappa shape index (κ1) is 14.0. The van der Waals surface area contributed by atoms with Crippen LogP contribution < -0.4 is 5.69 Å². The van der Waals surface area contributed by atoms with E-state index in [1.165, 1.54) is 11.1 Å². The maximum absolute atomic E-state index is 12.0. The van der Waals surface area contributed by atoms with Gasteiger partial charge in [-0.25, -0.2) is 4.79 Å². The zero-order chi connectivity index (χ0) is 13.8. The topological polar surface area (TPSA) is 65.7 Å². The summed E-state index contributed by atoms with van der Waals surface area (Å²) in [5.41, 5.74) is 0.953. The molecule has 6 heteroatoms. The highest BCUT2D eigenvalue weighted by molar-refractivity contribution is 7.99. The van der Waals surface area contributed by atoms with E-state index in [4.69, 9.17) is 0 Å². The van der Waals surface area contributed by atoms with E-state index in [-0.39, 0.29) is 11.5 Å². The minimum absolute atomic E-state index is 0.0921. The van der Waals surface area contributed by atoms with Crippen LogP contribution in [0.4, 0.5) is 0 Å². The molecule has 2 N–H and O–H groups in total. The molecule has 100 valence electrons. The molecule has 4 nitrogen and oxygen atoms in total. The quantitative estimate of drug-likeness (QED) is 0.657. The highest BCUT2D eigenvalue weighted by Gasteiger charge is 2.12. The maximum Gasteiger partial charge on any atom is 0.323 e. The zero-order valence-corrected chi connectivity index (χ0v) is 12.3. The molecule has 0 spiro atoms. The highest BCUT2D eigenvalue weighted by Crippen LogP contribution is 2.27. The number of aromatic amines is 2. The lowest BCUT2D eigenvalue weighted by Gasteiger charge is -2.08. The van der Waals surface area contributed by atoms with Crippen LogP contribution in [0.25, 0.3) is 0 Å². The Labute approximate surface area is 119 Å². The fourth-order valence-electron chi connectivity index (χ4n) is 1.75. The van der Waals surface area contributed by atoms with E-state index in [9.17, 15) is 9.59 Å². The highest BCUT2D eigenvalue weighted by atomic mass is 32.2. The van der Waals surface area contributed by atoms with Crippen molar-refractivity contribution in [2.75, 3.05) is 12.5 Å². The molecule has 0 saturated carbocycles. The maximum atomic E-state index is 12.0. The number of nitrogens with one attached hydrogen (secondary N) is 2. The number of hydrogen-bond acceptors (Lipinski definition) is 4. The van der Waals surface area contributed by atoms with Crippen LogP contribution in [-0.2, 0) is 6.42 Å². The standard InChI is InChI=1S/C13H14N2O2S2/c1-18-9-4-3-8(12(6-9)19-2)5-11(16)10-7-14-13(17)15-10/h3-4,6-7H,5H2,1-2H3,(H2,14,15,17). The van der Waals surface area contributed by atoms with Crippen molar-refractivity contribution in [2.24, 2.45) is 0 Å². The van der Waals surface area contributed by atoms with Crippen molar-refractivity contribution in [2.45, 2.75) is 16.2 Å². The number of benzene rings is 1. The van der Waals surface area contributed by atoms with Gasteiger partial charge in [0.2, 0.25) is 0 Å². The summed E-state index contributed by atoms with van der Waals surface area (Å²) >= 11 is 3.30. The molecule has 1 heterocycles. The monoisotopic (exact) mass is 294 g/mol. The molecule has 0 saturated heterocycles. The van der Waals surface area contributed by atoms with Gasteiger partial charge in [0.15, 0.2) is 5.78 Å². The third kappa shape index (κ3) is 3.33. The van der Waals surface area contributed by atoms with E-state index in [0.29, 0.717) is 12.1 Å². The number of ketones is 1. The van der Waals surface area contributed by atoms with Crippen molar-refractivity contribution in [3.63, 3.8) is 0 Å². The normalized spacial score (nSPS) is 10.6. The Bertz CT molecular complexity index is 646. The summed E-state index contributed by atoms with van der Waals surface area (Å²) in [7, 11) is 0. The van der Waals surface area contributed by atoms with Gasteiger partial charge >= 0.3 is 5.69 Å². The van der Waals surface area contributed by atoms with Crippen molar-refractivity contribution in [1.82, 2.24) is 9.97 Å². The van der Waals surface area contributed by atoms with Gasteiger partial charge in [0, 0.05) is 22.4 Å². The zero-order valence-electron chi connectivity index (χ0n) is 10.6. The number of rotatable bonds is 5. The molecule has 0 unspecified atom stereocenters. The molecule has 2 rings (SSSR count). The molecule has 0 bridgehead atoms. The summed E-state index contributed by atoms with van der Waals surface area (Å²) in [6, 6.07) is 6.06. The lowest BCUT2D eigenvalue weighted by Crippen LogP contribution is -2.08. The third-order valence-electron chi connectivity index (χ3n) is 2.74. The van der Waals surface area contributed by atoms with Crippen LogP contribution in [0.5, 0.6) is 0 Å². The number of thioether (sulfide) groups is 2. The molecule has 1 aromatic carbocycles. The second kappa shape index (κ2) is 6.16. The van der Waals surface area contributed by atoms with Gasteiger partial charge in [-0.1, -0.05) is 6.07 Å². The molecular weight excluding hydrogens is 280 g/mol. The Morgan fingerprint density at radius 3 is 2.63 bits per heavy atom. The molecule has 0 amide bonds. The van der Waals surface area contributed by atoms with Crippen LogP contribution in [0.15, 0.2) is 39.0 Å².